The number of hydrogen-bond acceptors (Lipinski definition) is 6. The molecule has 0 fully saturated rings. The number of amides is 1. The number of nitriles is 1. The van der Waals surface area contributed by atoms with Crippen LogP contribution < -0.4 is 5.32 Å². The van der Waals surface area contributed by atoms with Crippen molar-refractivity contribution in [1.29, 1.82) is 5.26 Å². The summed E-state index contributed by atoms with van der Waals surface area (Å²) >= 11 is 0. The van der Waals surface area contributed by atoms with Crippen molar-refractivity contribution in [1.82, 2.24) is 34.2 Å². The number of rotatable bonds is 3. The van der Waals surface area contributed by atoms with E-state index < -0.39 is 5.91 Å². The molecule has 0 saturated heterocycles. The van der Waals surface area contributed by atoms with Crippen molar-refractivity contribution in [3.63, 3.8) is 0 Å². The molecule has 4 heterocycles. The van der Waals surface area contributed by atoms with Crippen LogP contribution in [0.25, 0.3) is 16.9 Å². The SMILES string of the molecule is Cc1c(-c2ccnc3cc(C(=O)Nc4c(C#N)cnn4C)nn23)cnn1C. The third-order valence-electron chi connectivity index (χ3n) is 4.39. The van der Waals surface area contributed by atoms with Gasteiger partial charge in [0.2, 0.25) is 0 Å². The maximum atomic E-state index is 12.6. The highest BCUT2D eigenvalue weighted by Gasteiger charge is 2.18. The van der Waals surface area contributed by atoms with Gasteiger partial charge in [0, 0.05) is 37.6 Å². The predicted octanol–water partition coefficient (Wildman–Crippen LogP) is 1.30. The Hall–Kier alpha value is -4.00. The second-order valence-corrected chi connectivity index (χ2v) is 5.99. The molecule has 0 radical (unpaired) electrons. The second-order valence-electron chi connectivity index (χ2n) is 5.99. The number of fused-ring (bicyclic) bond motifs is 1. The molecule has 0 aliphatic rings. The van der Waals surface area contributed by atoms with Gasteiger partial charge in [-0.2, -0.15) is 20.6 Å². The Bertz CT molecular complexity index is 1220. The molecule has 0 atom stereocenters. The van der Waals surface area contributed by atoms with Gasteiger partial charge in [0.05, 0.1) is 18.1 Å². The normalized spacial score (nSPS) is 10.9. The van der Waals surface area contributed by atoms with Crippen LogP contribution >= 0.6 is 0 Å². The quantitative estimate of drug-likeness (QED) is 0.587. The zero-order valence-corrected chi connectivity index (χ0v) is 14.9. The molecule has 4 aromatic rings. The first-order valence-corrected chi connectivity index (χ1v) is 8.07. The lowest BCUT2D eigenvalue weighted by atomic mass is 10.2. The number of nitrogens with zero attached hydrogens (tertiary/aromatic N) is 8. The molecule has 0 aromatic carbocycles. The van der Waals surface area contributed by atoms with Gasteiger partial charge in [-0.15, -0.1) is 0 Å². The van der Waals surface area contributed by atoms with Crippen LogP contribution in [-0.4, -0.2) is 40.1 Å². The van der Waals surface area contributed by atoms with Crippen LogP contribution in [0.2, 0.25) is 0 Å². The van der Waals surface area contributed by atoms with Crippen molar-refractivity contribution in [2.45, 2.75) is 6.92 Å². The van der Waals surface area contributed by atoms with E-state index in [0.29, 0.717) is 11.5 Å². The molecule has 4 aromatic heterocycles. The zero-order valence-electron chi connectivity index (χ0n) is 14.9. The Morgan fingerprint density at radius 3 is 2.70 bits per heavy atom. The highest BCUT2D eigenvalue weighted by atomic mass is 16.2. The van der Waals surface area contributed by atoms with Crippen molar-refractivity contribution in [2.24, 2.45) is 14.1 Å². The molecule has 4 rings (SSSR count). The number of carbonyl (C=O) groups excluding carboxylic acids is 1. The Labute approximate surface area is 153 Å². The summed E-state index contributed by atoms with van der Waals surface area (Å²) in [4.78, 5) is 16.9. The topological polar surface area (TPSA) is 119 Å². The van der Waals surface area contributed by atoms with Crippen LogP contribution in [0.3, 0.4) is 0 Å². The van der Waals surface area contributed by atoms with E-state index in [0.717, 1.165) is 17.0 Å². The summed E-state index contributed by atoms with van der Waals surface area (Å²) in [5, 5.41) is 24.4. The van der Waals surface area contributed by atoms with E-state index in [2.05, 4.69) is 25.6 Å². The van der Waals surface area contributed by atoms with E-state index in [1.54, 1.807) is 34.7 Å². The lowest BCUT2D eigenvalue weighted by Gasteiger charge is -2.04. The van der Waals surface area contributed by atoms with Crippen molar-refractivity contribution in [3.8, 4) is 17.3 Å². The van der Waals surface area contributed by atoms with Crippen LogP contribution in [0, 0.1) is 18.3 Å². The highest BCUT2D eigenvalue weighted by Crippen LogP contribution is 2.23. The van der Waals surface area contributed by atoms with Crippen molar-refractivity contribution in [3.05, 3.63) is 47.7 Å². The molecule has 0 aliphatic heterocycles. The molecule has 10 heteroatoms. The molecule has 134 valence electrons. The first-order chi connectivity index (χ1) is 13.0. The Morgan fingerprint density at radius 2 is 2.00 bits per heavy atom. The van der Waals surface area contributed by atoms with E-state index in [1.165, 1.54) is 10.9 Å². The van der Waals surface area contributed by atoms with Crippen LogP contribution in [0.15, 0.2) is 30.7 Å². The van der Waals surface area contributed by atoms with Crippen molar-refractivity contribution in [2.75, 3.05) is 5.32 Å². The summed E-state index contributed by atoms with van der Waals surface area (Å²) in [6, 6.07) is 5.40. The van der Waals surface area contributed by atoms with Crippen molar-refractivity contribution < 1.29 is 4.79 Å². The largest absolute Gasteiger partial charge is 0.304 e. The van der Waals surface area contributed by atoms with Crippen molar-refractivity contribution >= 4 is 17.4 Å². The third-order valence-corrected chi connectivity index (χ3v) is 4.39. The lowest BCUT2D eigenvalue weighted by molar-refractivity contribution is 0.102. The Morgan fingerprint density at radius 1 is 1.22 bits per heavy atom. The number of nitrogens with one attached hydrogen (secondary N) is 1. The lowest BCUT2D eigenvalue weighted by Crippen LogP contribution is -2.16. The average molecular weight is 361 g/mol. The molecule has 27 heavy (non-hydrogen) atoms. The molecule has 0 unspecified atom stereocenters. The molecular formula is C17H15N9O. The summed E-state index contributed by atoms with van der Waals surface area (Å²) in [6.45, 7) is 1.96. The first kappa shape index (κ1) is 16.5. The fourth-order valence-electron chi connectivity index (χ4n) is 2.80. The van der Waals surface area contributed by atoms with Gasteiger partial charge in [0.15, 0.2) is 11.3 Å². The monoisotopic (exact) mass is 361 g/mol. The molecule has 10 nitrogen and oxygen atoms in total. The standard InChI is InChI=1S/C17H15N9O/c1-10-12(9-21-24(10)2)14-4-5-19-15-6-13(23-26(14)15)17(27)22-16-11(7-18)8-20-25(16)3/h4-6,8-9H,1-3H3,(H,22,27). The molecule has 0 bridgehead atoms. The summed E-state index contributed by atoms with van der Waals surface area (Å²) in [5.74, 6) is -0.134. The minimum atomic E-state index is -0.450. The number of carbonyl (C=O) groups is 1. The average Bonchev–Trinajstić information content (AvgIpc) is 3.34. The van der Waals surface area contributed by atoms with Gasteiger partial charge in [-0.05, 0) is 13.0 Å². The van der Waals surface area contributed by atoms with Gasteiger partial charge < -0.3 is 5.32 Å². The van der Waals surface area contributed by atoms with Gasteiger partial charge in [-0.1, -0.05) is 0 Å². The fourth-order valence-corrected chi connectivity index (χ4v) is 2.80. The minimum Gasteiger partial charge on any atom is -0.304 e. The zero-order chi connectivity index (χ0) is 19.1. The molecule has 1 amide bonds. The minimum absolute atomic E-state index is 0.182. The maximum Gasteiger partial charge on any atom is 0.277 e. The van der Waals surface area contributed by atoms with Gasteiger partial charge >= 0.3 is 0 Å². The Balaban J connectivity index is 1.75. The number of aryl methyl sites for hydroxylation is 2. The van der Waals surface area contributed by atoms with Crippen LogP contribution in [0.1, 0.15) is 21.7 Å². The van der Waals surface area contributed by atoms with E-state index in [9.17, 15) is 4.79 Å². The smallest absolute Gasteiger partial charge is 0.277 e. The summed E-state index contributed by atoms with van der Waals surface area (Å²) in [5.41, 5.74) is 3.64. The van der Waals surface area contributed by atoms with Gasteiger partial charge in [0.25, 0.3) is 5.91 Å². The predicted molar refractivity (Wildman–Crippen MR) is 95.8 cm³/mol. The van der Waals surface area contributed by atoms with E-state index in [-0.39, 0.29) is 11.3 Å². The first-order valence-electron chi connectivity index (χ1n) is 8.07. The van der Waals surface area contributed by atoms with Crippen LogP contribution in [0.4, 0.5) is 5.82 Å². The van der Waals surface area contributed by atoms with Gasteiger partial charge in [-0.25, -0.2) is 9.50 Å². The molecule has 0 saturated carbocycles. The van der Waals surface area contributed by atoms with Crippen LogP contribution in [-0.2, 0) is 14.1 Å². The van der Waals surface area contributed by atoms with E-state index in [1.807, 2.05) is 26.1 Å². The number of anilines is 1. The molecule has 1 N–H and O–H groups in total. The maximum absolute atomic E-state index is 12.6. The molecular weight excluding hydrogens is 346 g/mol. The van der Waals surface area contributed by atoms with E-state index >= 15 is 0 Å². The summed E-state index contributed by atoms with van der Waals surface area (Å²) in [7, 11) is 3.50. The number of aromatic nitrogens is 7. The second kappa shape index (κ2) is 6.06. The highest BCUT2D eigenvalue weighted by molar-refractivity contribution is 6.03. The van der Waals surface area contributed by atoms with Crippen LogP contribution in [0.5, 0.6) is 0 Å². The number of hydrogen-bond donors (Lipinski definition) is 1. The van der Waals surface area contributed by atoms with Gasteiger partial charge in [0.1, 0.15) is 17.5 Å². The third kappa shape index (κ3) is 2.62. The summed E-state index contributed by atoms with van der Waals surface area (Å²) < 4.78 is 4.80. The fraction of sp³-hybridized carbons (Fsp3) is 0.176. The summed E-state index contributed by atoms with van der Waals surface area (Å²) in [6.07, 6.45) is 4.81. The van der Waals surface area contributed by atoms with Gasteiger partial charge in [-0.3, -0.25) is 14.2 Å². The molecule has 0 spiro atoms. The molecule has 0 aliphatic carbocycles. The van der Waals surface area contributed by atoms with E-state index in [4.69, 9.17) is 5.26 Å². The Kier molecular flexibility index (Phi) is 3.70.